The van der Waals surface area contributed by atoms with Gasteiger partial charge in [-0.3, -0.25) is 14.9 Å². The first-order valence-electron chi connectivity index (χ1n) is 9.15. The summed E-state index contributed by atoms with van der Waals surface area (Å²) in [6, 6.07) is 6.32. The summed E-state index contributed by atoms with van der Waals surface area (Å²) in [7, 11) is 0. The Bertz CT molecular complexity index is 616. The normalized spacial score (nSPS) is 24.5. The molecule has 3 rings (SSSR count). The van der Waals surface area contributed by atoms with Crippen LogP contribution in [0.2, 0.25) is 0 Å². The fourth-order valence-corrected chi connectivity index (χ4v) is 4.24. The Morgan fingerprint density at radius 1 is 1.28 bits per heavy atom. The van der Waals surface area contributed by atoms with Crippen molar-refractivity contribution in [2.45, 2.75) is 45.1 Å². The second-order valence-electron chi connectivity index (χ2n) is 7.37. The summed E-state index contributed by atoms with van der Waals surface area (Å²) >= 11 is 0. The summed E-state index contributed by atoms with van der Waals surface area (Å²) in [5.41, 5.74) is 0.867. The summed E-state index contributed by atoms with van der Waals surface area (Å²) in [4.78, 5) is 24.3. The van der Waals surface area contributed by atoms with E-state index in [2.05, 4.69) is 4.90 Å². The summed E-state index contributed by atoms with van der Waals surface area (Å²) in [6.07, 6.45) is 5.74. The minimum atomic E-state index is -0.420. The van der Waals surface area contributed by atoms with E-state index in [0.29, 0.717) is 0 Å². The number of nitro benzene ring substituents is 1. The van der Waals surface area contributed by atoms with Gasteiger partial charge in [-0.25, -0.2) is 0 Å². The molecule has 1 saturated heterocycles. The standard InChI is InChI=1S/C19H26N2O4/c1-14(22)25-19(17-4-6-18(7-5-17)21(23)24)9-11-20-10-8-15-2-3-16(12-15)13-20/h4-7,15-16,19H,2-3,8-13H2,1H3/t15-,16-,19-/m0/s1. The minimum Gasteiger partial charge on any atom is -0.458 e. The maximum atomic E-state index is 11.5. The molecule has 0 spiro atoms. The van der Waals surface area contributed by atoms with Crippen LogP contribution >= 0.6 is 0 Å². The van der Waals surface area contributed by atoms with Gasteiger partial charge in [-0.1, -0.05) is 6.42 Å². The number of nitrogens with zero attached hydrogens (tertiary/aromatic N) is 2. The molecule has 6 nitrogen and oxygen atoms in total. The zero-order chi connectivity index (χ0) is 17.8. The monoisotopic (exact) mass is 346 g/mol. The Hall–Kier alpha value is -1.95. The van der Waals surface area contributed by atoms with Crippen molar-refractivity contribution in [1.29, 1.82) is 0 Å². The van der Waals surface area contributed by atoms with Gasteiger partial charge in [0.2, 0.25) is 0 Å². The number of rotatable bonds is 6. The Kier molecular flexibility index (Phi) is 5.68. The number of likely N-dealkylation sites (tertiary alicyclic amines) is 1. The molecule has 1 aromatic carbocycles. The molecule has 0 N–H and O–H groups in total. The third-order valence-corrected chi connectivity index (χ3v) is 5.51. The zero-order valence-electron chi connectivity index (χ0n) is 14.7. The van der Waals surface area contributed by atoms with Crippen LogP contribution in [0.25, 0.3) is 0 Å². The van der Waals surface area contributed by atoms with Gasteiger partial charge in [0.15, 0.2) is 0 Å². The van der Waals surface area contributed by atoms with Crippen LogP contribution in [0.5, 0.6) is 0 Å². The highest BCUT2D eigenvalue weighted by Crippen LogP contribution is 2.36. The second-order valence-corrected chi connectivity index (χ2v) is 7.37. The quantitative estimate of drug-likeness (QED) is 0.446. The van der Waals surface area contributed by atoms with E-state index in [-0.39, 0.29) is 17.8 Å². The Morgan fingerprint density at radius 3 is 2.68 bits per heavy atom. The number of esters is 1. The molecule has 1 saturated carbocycles. The maximum Gasteiger partial charge on any atom is 0.303 e. The topological polar surface area (TPSA) is 72.7 Å². The summed E-state index contributed by atoms with van der Waals surface area (Å²) in [6.45, 7) is 4.55. The summed E-state index contributed by atoms with van der Waals surface area (Å²) in [5.74, 6) is 1.39. The number of non-ortho nitro benzene ring substituents is 1. The molecule has 0 radical (unpaired) electrons. The lowest BCUT2D eigenvalue weighted by atomic mass is 10.0. The third-order valence-electron chi connectivity index (χ3n) is 5.51. The van der Waals surface area contributed by atoms with Crippen molar-refractivity contribution in [2.75, 3.05) is 19.6 Å². The van der Waals surface area contributed by atoms with E-state index in [0.717, 1.165) is 43.5 Å². The molecule has 6 heteroatoms. The van der Waals surface area contributed by atoms with Crippen molar-refractivity contribution in [3.8, 4) is 0 Å². The van der Waals surface area contributed by atoms with Crippen molar-refractivity contribution in [2.24, 2.45) is 11.8 Å². The van der Waals surface area contributed by atoms with Gasteiger partial charge in [-0.2, -0.15) is 0 Å². The first kappa shape index (κ1) is 17.9. The largest absolute Gasteiger partial charge is 0.458 e. The first-order chi connectivity index (χ1) is 12.0. The SMILES string of the molecule is CC(=O)O[C@@H](CCN1CC[C@@H]2CC[C@@H](C2)C1)c1ccc([N+](=O)[O-])cc1. The van der Waals surface area contributed by atoms with Gasteiger partial charge in [-0.05, 0) is 55.3 Å². The first-order valence-corrected chi connectivity index (χ1v) is 9.15. The number of carbonyl (C=O) groups excluding carboxylic acids is 1. The third kappa shape index (κ3) is 4.78. The van der Waals surface area contributed by atoms with Crippen molar-refractivity contribution >= 4 is 11.7 Å². The molecule has 0 aromatic heterocycles. The number of carbonyl (C=O) groups is 1. The lowest BCUT2D eigenvalue weighted by Crippen LogP contribution is -2.31. The van der Waals surface area contributed by atoms with Gasteiger partial charge in [0, 0.05) is 38.6 Å². The van der Waals surface area contributed by atoms with E-state index in [1.807, 2.05) is 0 Å². The minimum absolute atomic E-state index is 0.0499. The predicted octanol–water partition coefficient (Wildman–Crippen LogP) is 3.71. The molecule has 1 aromatic rings. The maximum absolute atomic E-state index is 11.5. The number of hydrogen-bond acceptors (Lipinski definition) is 5. The van der Waals surface area contributed by atoms with Crippen LogP contribution in [0.1, 0.15) is 50.7 Å². The fraction of sp³-hybridized carbons (Fsp3) is 0.632. The molecule has 2 bridgehead atoms. The van der Waals surface area contributed by atoms with Crippen molar-refractivity contribution < 1.29 is 14.5 Å². The van der Waals surface area contributed by atoms with Crippen LogP contribution in [0.4, 0.5) is 5.69 Å². The average molecular weight is 346 g/mol. The molecular weight excluding hydrogens is 320 g/mol. The Morgan fingerprint density at radius 2 is 2.00 bits per heavy atom. The molecule has 1 aliphatic carbocycles. The highest BCUT2D eigenvalue weighted by molar-refractivity contribution is 5.66. The number of ether oxygens (including phenoxy) is 1. The predicted molar refractivity (Wildman–Crippen MR) is 94.1 cm³/mol. The van der Waals surface area contributed by atoms with Crippen LogP contribution in [0.3, 0.4) is 0 Å². The van der Waals surface area contributed by atoms with Gasteiger partial charge in [-0.15, -0.1) is 0 Å². The average Bonchev–Trinajstić information content (AvgIpc) is 2.92. The Labute approximate surface area is 148 Å². The number of hydrogen-bond donors (Lipinski definition) is 0. The molecular formula is C19H26N2O4. The van der Waals surface area contributed by atoms with Gasteiger partial charge < -0.3 is 9.64 Å². The van der Waals surface area contributed by atoms with Crippen LogP contribution in [0, 0.1) is 22.0 Å². The molecule has 0 unspecified atom stereocenters. The number of nitro groups is 1. The van der Waals surface area contributed by atoms with E-state index in [1.165, 1.54) is 44.7 Å². The van der Waals surface area contributed by atoms with Crippen LogP contribution in [-0.2, 0) is 9.53 Å². The zero-order valence-corrected chi connectivity index (χ0v) is 14.7. The van der Waals surface area contributed by atoms with Gasteiger partial charge >= 0.3 is 5.97 Å². The van der Waals surface area contributed by atoms with Crippen LogP contribution in [-0.4, -0.2) is 35.4 Å². The van der Waals surface area contributed by atoms with E-state index >= 15 is 0 Å². The number of fused-ring (bicyclic) bond motifs is 2. The molecule has 0 amide bonds. The van der Waals surface area contributed by atoms with Crippen molar-refractivity contribution in [1.82, 2.24) is 4.90 Å². The van der Waals surface area contributed by atoms with E-state index in [1.54, 1.807) is 12.1 Å². The number of benzene rings is 1. The lowest BCUT2D eigenvalue weighted by Gasteiger charge is -2.27. The molecule has 2 fully saturated rings. The highest BCUT2D eigenvalue weighted by atomic mass is 16.6. The van der Waals surface area contributed by atoms with E-state index in [4.69, 9.17) is 4.74 Å². The highest BCUT2D eigenvalue weighted by Gasteiger charge is 2.30. The summed E-state index contributed by atoms with van der Waals surface area (Å²) < 4.78 is 5.49. The van der Waals surface area contributed by atoms with Gasteiger partial charge in [0.25, 0.3) is 5.69 Å². The van der Waals surface area contributed by atoms with Crippen LogP contribution < -0.4 is 0 Å². The second kappa shape index (κ2) is 7.95. The lowest BCUT2D eigenvalue weighted by molar-refractivity contribution is -0.384. The van der Waals surface area contributed by atoms with E-state index < -0.39 is 4.92 Å². The Balaban J connectivity index is 1.62. The molecule has 3 atom stereocenters. The van der Waals surface area contributed by atoms with Crippen molar-refractivity contribution in [3.63, 3.8) is 0 Å². The van der Waals surface area contributed by atoms with Crippen molar-refractivity contribution in [3.05, 3.63) is 39.9 Å². The molecule has 25 heavy (non-hydrogen) atoms. The molecule has 136 valence electrons. The molecule has 1 aliphatic heterocycles. The smallest absolute Gasteiger partial charge is 0.303 e. The van der Waals surface area contributed by atoms with Crippen LogP contribution in [0.15, 0.2) is 24.3 Å². The van der Waals surface area contributed by atoms with E-state index in [9.17, 15) is 14.9 Å². The molecule has 1 heterocycles. The van der Waals surface area contributed by atoms with Gasteiger partial charge in [0.1, 0.15) is 6.10 Å². The molecule has 2 aliphatic rings. The fourth-order valence-electron chi connectivity index (χ4n) is 4.24. The summed E-state index contributed by atoms with van der Waals surface area (Å²) in [5, 5.41) is 10.8. The van der Waals surface area contributed by atoms with Gasteiger partial charge in [0.05, 0.1) is 4.92 Å².